The number of carboxylic acid groups (broad SMARTS) is 1. The van der Waals surface area contributed by atoms with Crippen LogP contribution >= 0.6 is 11.6 Å². The average Bonchev–Trinajstić information content (AvgIpc) is 3.12. The van der Waals surface area contributed by atoms with Crippen LogP contribution in [0.5, 0.6) is 0 Å². The zero-order valence-corrected chi connectivity index (χ0v) is 17.9. The summed E-state index contributed by atoms with van der Waals surface area (Å²) in [6.07, 6.45) is 3.31. The fraction of sp³-hybridized carbons (Fsp3) is 0.125. The third-order valence-corrected chi connectivity index (χ3v) is 5.68. The summed E-state index contributed by atoms with van der Waals surface area (Å²) in [6.45, 7) is 1.85. The van der Waals surface area contributed by atoms with Gasteiger partial charge in [0, 0.05) is 28.5 Å². The lowest BCUT2D eigenvalue weighted by Gasteiger charge is -2.14. The second-order valence-corrected chi connectivity index (χ2v) is 7.94. The fourth-order valence-corrected chi connectivity index (χ4v) is 4.09. The van der Waals surface area contributed by atoms with Crippen LogP contribution in [0.25, 0.3) is 16.8 Å². The van der Waals surface area contributed by atoms with E-state index >= 15 is 0 Å². The molecule has 0 amide bonds. The number of carbonyl (C=O) groups is 1. The lowest BCUT2D eigenvalue weighted by atomic mass is 9.96. The van der Waals surface area contributed by atoms with E-state index in [0.717, 1.165) is 27.9 Å². The summed E-state index contributed by atoms with van der Waals surface area (Å²) in [4.78, 5) is 20.7. The molecule has 8 heteroatoms. The molecular formula is C24H18ClN5O2. The van der Waals surface area contributed by atoms with Crippen molar-refractivity contribution in [2.45, 2.75) is 19.4 Å². The summed E-state index contributed by atoms with van der Waals surface area (Å²) in [5.74, 6) is 0.220. The van der Waals surface area contributed by atoms with Gasteiger partial charge in [0.15, 0.2) is 5.82 Å². The monoisotopic (exact) mass is 443 g/mol. The van der Waals surface area contributed by atoms with Gasteiger partial charge in [0.25, 0.3) is 0 Å². The van der Waals surface area contributed by atoms with Crippen molar-refractivity contribution in [2.24, 2.45) is 4.99 Å². The van der Waals surface area contributed by atoms with Gasteiger partial charge in [-0.15, -0.1) is 10.2 Å². The Bertz CT molecular complexity index is 1350. The highest BCUT2D eigenvalue weighted by Crippen LogP contribution is 2.34. The Hall–Kier alpha value is -3.84. The molecule has 0 fully saturated rings. The maximum absolute atomic E-state index is 11.6. The van der Waals surface area contributed by atoms with Crippen molar-refractivity contribution >= 4 is 23.3 Å². The lowest BCUT2D eigenvalue weighted by Crippen LogP contribution is -2.10. The Morgan fingerprint density at radius 3 is 2.44 bits per heavy atom. The number of nitrogens with zero attached hydrogens (tertiary/aromatic N) is 5. The largest absolute Gasteiger partial charge is 0.481 e. The van der Waals surface area contributed by atoms with E-state index in [1.54, 1.807) is 24.5 Å². The van der Waals surface area contributed by atoms with Gasteiger partial charge in [-0.2, -0.15) is 0 Å². The second-order valence-electron chi connectivity index (χ2n) is 7.51. The standard InChI is InChI=1S/C24H18ClN5O2/c1-14-28-29-24-20(13-22(31)32)27-23(16-2-5-18(25)6-3-16)19-12-17(4-7-21(19)30(14)24)15-8-10-26-11-9-15/h2-12,20H,13H2,1H3,(H,31,32)/t20-/m0/s1. The molecule has 7 nitrogen and oxygen atoms in total. The van der Waals surface area contributed by atoms with Crippen molar-refractivity contribution in [2.75, 3.05) is 0 Å². The number of hydrogen-bond donors (Lipinski definition) is 1. The van der Waals surface area contributed by atoms with E-state index in [0.29, 0.717) is 22.4 Å². The van der Waals surface area contributed by atoms with E-state index in [9.17, 15) is 9.90 Å². The number of aromatic nitrogens is 4. The van der Waals surface area contributed by atoms with Crippen molar-refractivity contribution in [1.29, 1.82) is 0 Å². The van der Waals surface area contributed by atoms with Crippen LogP contribution in [0.4, 0.5) is 0 Å². The molecule has 0 spiro atoms. The van der Waals surface area contributed by atoms with Crippen molar-refractivity contribution in [1.82, 2.24) is 19.7 Å². The predicted molar refractivity (Wildman–Crippen MR) is 121 cm³/mol. The van der Waals surface area contributed by atoms with Gasteiger partial charge < -0.3 is 5.11 Å². The normalized spacial score (nSPS) is 14.8. The number of rotatable bonds is 4. The topological polar surface area (TPSA) is 93.3 Å². The maximum Gasteiger partial charge on any atom is 0.306 e. The molecule has 0 saturated carbocycles. The average molecular weight is 444 g/mol. The highest BCUT2D eigenvalue weighted by atomic mass is 35.5. The van der Waals surface area contributed by atoms with Gasteiger partial charge in [-0.25, -0.2) is 0 Å². The Kier molecular flexibility index (Phi) is 5.03. The number of fused-ring (bicyclic) bond motifs is 3. The molecule has 158 valence electrons. The summed E-state index contributed by atoms with van der Waals surface area (Å²) in [5, 5.41) is 18.7. The van der Waals surface area contributed by atoms with Crippen LogP contribution in [0.15, 0.2) is 72.0 Å². The lowest BCUT2D eigenvalue weighted by molar-refractivity contribution is -0.137. The highest BCUT2D eigenvalue weighted by Gasteiger charge is 2.29. The van der Waals surface area contributed by atoms with E-state index in [1.165, 1.54) is 0 Å². The first-order valence-corrected chi connectivity index (χ1v) is 10.4. The molecule has 3 heterocycles. The predicted octanol–water partition coefficient (Wildman–Crippen LogP) is 4.66. The Morgan fingerprint density at radius 2 is 1.72 bits per heavy atom. The van der Waals surface area contributed by atoms with Crippen molar-refractivity contribution < 1.29 is 9.90 Å². The number of aliphatic imine (C=N–C) groups is 1. The molecule has 1 aliphatic rings. The molecule has 4 aromatic rings. The number of aryl methyl sites for hydroxylation is 1. The number of hydrogen-bond acceptors (Lipinski definition) is 5. The minimum atomic E-state index is -0.954. The van der Waals surface area contributed by atoms with Gasteiger partial charge in [0.2, 0.25) is 0 Å². The molecule has 1 N–H and O–H groups in total. The van der Waals surface area contributed by atoms with Crippen molar-refractivity contribution in [3.05, 3.63) is 94.8 Å². The Labute approximate surface area is 189 Å². The number of aliphatic carboxylic acids is 1. The molecule has 0 saturated heterocycles. The van der Waals surface area contributed by atoms with Gasteiger partial charge >= 0.3 is 5.97 Å². The van der Waals surface area contributed by atoms with E-state index in [2.05, 4.69) is 21.2 Å². The zero-order valence-electron chi connectivity index (χ0n) is 17.1. The van der Waals surface area contributed by atoms with Crippen LogP contribution in [0, 0.1) is 6.92 Å². The van der Waals surface area contributed by atoms with E-state index in [1.807, 2.05) is 47.9 Å². The first-order valence-electron chi connectivity index (χ1n) is 10.0. The third-order valence-electron chi connectivity index (χ3n) is 5.42. The molecule has 2 aromatic heterocycles. The molecule has 1 atom stereocenters. The van der Waals surface area contributed by atoms with E-state index in [4.69, 9.17) is 16.6 Å². The van der Waals surface area contributed by atoms with E-state index in [-0.39, 0.29) is 6.42 Å². The van der Waals surface area contributed by atoms with Crippen LogP contribution in [0.3, 0.4) is 0 Å². The fourth-order valence-electron chi connectivity index (χ4n) is 3.96. The highest BCUT2D eigenvalue weighted by molar-refractivity contribution is 6.30. The molecule has 0 aliphatic carbocycles. The van der Waals surface area contributed by atoms with E-state index < -0.39 is 12.0 Å². The van der Waals surface area contributed by atoms with Gasteiger partial charge in [0.1, 0.15) is 11.9 Å². The smallest absolute Gasteiger partial charge is 0.306 e. The summed E-state index contributed by atoms with van der Waals surface area (Å²) in [7, 11) is 0. The van der Waals surface area contributed by atoms with Gasteiger partial charge in [0.05, 0.1) is 17.8 Å². The van der Waals surface area contributed by atoms with Gasteiger partial charge in [-0.1, -0.05) is 29.8 Å². The van der Waals surface area contributed by atoms with Crippen LogP contribution < -0.4 is 0 Å². The molecule has 0 radical (unpaired) electrons. The van der Waals surface area contributed by atoms with Crippen LogP contribution in [0.2, 0.25) is 5.02 Å². The van der Waals surface area contributed by atoms with Crippen molar-refractivity contribution in [3.63, 3.8) is 0 Å². The molecule has 32 heavy (non-hydrogen) atoms. The number of halogens is 1. The molecular weight excluding hydrogens is 426 g/mol. The van der Waals surface area contributed by atoms with Gasteiger partial charge in [-0.3, -0.25) is 19.3 Å². The minimum absolute atomic E-state index is 0.194. The number of carboxylic acids is 1. The first-order chi connectivity index (χ1) is 15.5. The van der Waals surface area contributed by atoms with Crippen LogP contribution in [-0.2, 0) is 4.79 Å². The zero-order chi connectivity index (χ0) is 22.2. The first kappa shape index (κ1) is 20.1. The minimum Gasteiger partial charge on any atom is -0.481 e. The number of benzene rings is 2. The van der Waals surface area contributed by atoms with Crippen LogP contribution in [0.1, 0.15) is 35.2 Å². The second kappa shape index (κ2) is 8.01. The van der Waals surface area contributed by atoms with Gasteiger partial charge in [-0.05, 0) is 54.4 Å². The van der Waals surface area contributed by atoms with Crippen molar-refractivity contribution in [3.8, 4) is 16.8 Å². The third kappa shape index (κ3) is 3.56. The Morgan fingerprint density at radius 1 is 1.00 bits per heavy atom. The quantitative estimate of drug-likeness (QED) is 0.495. The molecule has 1 aliphatic heterocycles. The number of pyridine rings is 1. The molecule has 0 bridgehead atoms. The summed E-state index contributed by atoms with van der Waals surface area (Å²) < 4.78 is 1.89. The maximum atomic E-state index is 11.6. The summed E-state index contributed by atoms with van der Waals surface area (Å²) in [5.41, 5.74) is 5.25. The summed E-state index contributed by atoms with van der Waals surface area (Å²) in [6, 6.07) is 16.7. The van der Waals surface area contributed by atoms with Crippen LogP contribution in [-0.4, -0.2) is 36.5 Å². The Balaban J connectivity index is 1.79. The SMILES string of the molecule is Cc1nnc2n1-c1ccc(-c3ccncc3)cc1C(c1ccc(Cl)cc1)=N[C@H]2CC(=O)O. The molecule has 0 unspecified atom stereocenters. The molecule has 5 rings (SSSR count). The molecule has 2 aromatic carbocycles. The summed E-state index contributed by atoms with van der Waals surface area (Å²) >= 11 is 6.12.